The van der Waals surface area contributed by atoms with Gasteiger partial charge in [-0.05, 0) is 43.4 Å². The van der Waals surface area contributed by atoms with Crippen LogP contribution in [0.4, 0.5) is 0 Å². The van der Waals surface area contributed by atoms with E-state index in [2.05, 4.69) is 53.7 Å². The van der Waals surface area contributed by atoms with Crippen LogP contribution in [0.5, 0.6) is 0 Å². The van der Waals surface area contributed by atoms with E-state index in [9.17, 15) is 0 Å². The number of hydrogen-bond acceptors (Lipinski definition) is 2. The first-order valence-electron chi connectivity index (χ1n) is 6.77. The molecular formula is C16H27NS. The molecule has 2 heteroatoms. The summed E-state index contributed by atoms with van der Waals surface area (Å²) in [6, 6.07) is 4.62. The van der Waals surface area contributed by atoms with Crippen molar-refractivity contribution in [3.8, 4) is 0 Å². The fraction of sp³-hybridized carbons (Fsp3) is 0.625. The third-order valence-electron chi connectivity index (χ3n) is 3.59. The summed E-state index contributed by atoms with van der Waals surface area (Å²) in [5.41, 5.74) is 11.7. The van der Waals surface area contributed by atoms with Crippen LogP contribution in [0, 0.1) is 26.7 Å². The molecular weight excluding hydrogens is 238 g/mol. The van der Waals surface area contributed by atoms with E-state index >= 15 is 0 Å². The Hall–Kier alpha value is -0.470. The van der Waals surface area contributed by atoms with Gasteiger partial charge in [0.15, 0.2) is 0 Å². The Kier molecular flexibility index (Phi) is 5.74. The van der Waals surface area contributed by atoms with E-state index in [4.69, 9.17) is 5.73 Å². The lowest BCUT2D eigenvalue weighted by molar-refractivity contribution is 0.640. The first-order chi connectivity index (χ1) is 8.32. The zero-order valence-corrected chi connectivity index (χ0v) is 13.4. The van der Waals surface area contributed by atoms with Gasteiger partial charge in [-0.15, -0.1) is 0 Å². The highest BCUT2D eigenvalue weighted by molar-refractivity contribution is 7.99. The zero-order chi connectivity index (χ0) is 13.9. The molecule has 0 radical (unpaired) electrons. The predicted molar refractivity (Wildman–Crippen MR) is 84.3 cm³/mol. The van der Waals surface area contributed by atoms with Crippen molar-refractivity contribution in [2.75, 3.05) is 5.75 Å². The van der Waals surface area contributed by atoms with Crippen LogP contribution in [0.25, 0.3) is 0 Å². The van der Waals surface area contributed by atoms with E-state index in [1.165, 1.54) is 22.3 Å². The van der Waals surface area contributed by atoms with Crippen molar-refractivity contribution >= 4 is 11.8 Å². The van der Waals surface area contributed by atoms with E-state index in [-0.39, 0.29) is 6.04 Å². The highest BCUT2D eigenvalue weighted by Gasteiger charge is 2.15. The normalized spacial score (nSPS) is 14.9. The van der Waals surface area contributed by atoms with Crippen LogP contribution >= 0.6 is 11.8 Å². The molecule has 0 aliphatic heterocycles. The maximum Gasteiger partial charge on any atom is 0.0392 e. The van der Waals surface area contributed by atoms with Crippen molar-refractivity contribution in [3.63, 3.8) is 0 Å². The summed E-state index contributed by atoms with van der Waals surface area (Å²) in [7, 11) is 0. The van der Waals surface area contributed by atoms with Gasteiger partial charge in [0, 0.05) is 17.0 Å². The molecule has 0 spiro atoms. The molecule has 0 aromatic heterocycles. The van der Waals surface area contributed by atoms with Gasteiger partial charge in [0.25, 0.3) is 0 Å². The molecule has 0 saturated heterocycles. The molecule has 102 valence electrons. The number of rotatable bonds is 5. The van der Waals surface area contributed by atoms with Crippen molar-refractivity contribution in [3.05, 3.63) is 34.4 Å². The molecule has 0 heterocycles. The lowest BCUT2D eigenvalue weighted by Crippen LogP contribution is -2.18. The second kappa shape index (κ2) is 6.63. The summed E-state index contributed by atoms with van der Waals surface area (Å²) in [6.07, 6.45) is 0. The Balaban J connectivity index is 2.76. The topological polar surface area (TPSA) is 26.0 Å². The summed E-state index contributed by atoms with van der Waals surface area (Å²) >= 11 is 1.98. The molecule has 2 N–H and O–H groups in total. The third-order valence-corrected chi connectivity index (χ3v) is 5.21. The second-order valence-corrected chi connectivity index (χ2v) is 7.11. The van der Waals surface area contributed by atoms with Crippen molar-refractivity contribution < 1.29 is 0 Å². The van der Waals surface area contributed by atoms with E-state index in [1.807, 2.05) is 11.8 Å². The molecule has 0 saturated carbocycles. The molecule has 1 rings (SSSR count). The predicted octanol–water partition coefficient (Wildman–Crippen LogP) is 4.39. The lowest BCUT2D eigenvalue weighted by atomic mass is 9.95. The molecule has 1 nitrogen and oxygen atoms in total. The minimum atomic E-state index is 0.150. The van der Waals surface area contributed by atoms with Crippen molar-refractivity contribution in [2.24, 2.45) is 11.7 Å². The van der Waals surface area contributed by atoms with E-state index in [1.54, 1.807) is 0 Å². The van der Waals surface area contributed by atoms with Crippen molar-refractivity contribution in [2.45, 2.75) is 52.8 Å². The maximum absolute atomic E-state index is 6.37. The molecule has 2 unspecified atom stereocenters. The van der Waals surface area contributed by atoms with Gasteiger partial charge >= 0.3 is 0 Å². The van der Waals surface area contributed by atoms with E-state index < -0.39 is 0 Å². The Labute approximate surface area is 117 Å². The molecule has 1 aromatic carbocycles. The Morgan fingerprint density at radius 1 is 1.06 bits per heavy atom. The average Bonchev–Trinajstić information content (AvgIpc) is 2.24. The Morgan fingerprint density at radius 3 is 2.00 bits per heavy atom. The van der Waals surface area contributed by atoms with Crippen molar-refractivity contribution in [1.29, 1.82) is 0 Å². The van der Waals surface area contributed by atoms with Crippen LogP contribution in [-0.4, -0.2) is 11.0 Å². The minimum Gasteiger partial charge on any atom is -0.323 e. The Morgan fingerprint density at radius 2 is 1.56 bits per heavy atom. The minimum absolute atomic E-state index is 0.150. The first-order valence-corrected chi connectivity index (χ1v) is 7.82. The van der Waals surface area contributed by atoms with E-state index in [0.29, 0.717) is 11.2 Å². The van der Waals surface area contributed by atoms with Gasteiger partial charge in [-0.2, -0.15) is 11.8 Å². The Bertz CT molecular complexity index is 375. The average molecular weight is 265 g/mol. The summed E-state index contributed by atoms with van der Waals surface area (Å²) in [4.78, 5) is 0. The molecule has 0 fully saturated rings. The SMILES string of the molecule is Cc1cc(C)c(C(N)CSC(C)C(C)C)c(C)c1. The number of thioether (sulfide) groups is 1. The fourth-order valence-corrected chi connectivity index (χ4v) is 3.37. The lowest BCUT2D eigenvalue weighted by Gasteiger charge is -2.21. The van der Waals surface area contributed by atoms with Gasteiger partial charge < -0.3 is 5.73 Å². The van der Waals surface area contributed by atoms with Crippen LogP contribution in [0.3, 0.4) is 0 Å². The molecule has 0 aliphatic carbocycles. The van der Waals surface area contributed by atoms with Crippen LogP contribution in [0.15, 0.2) is 12.1 Å². The quantitative estimate of drug-likeness (QED) is 0.854. The van der Waals surface area contributed by atoms with Crippen LogP contribution in [-0.2, 0) is 0 Å². The first kappa shape index (κ1) is 15.6. The van der Waals surface area contributed by atoms with Gasteiger partial charge in [-0.25, -0.2) is 0 Å². The molecule has 0 bridgehead atoms. The summed E-state index contributed by atoms with van der Waals surface area (Å²) in [5, 5.41) is 0.669. The largest absolute Gasteiger partial charge is 0.323 e. The molecule has 2 atom stereocenters. The monoisotopic (exact) mass is 265 g/mol. The third kappa shape index (κ3) is 4.03. The highest BCUT2D eigenvalue weighted by atomic mass is 32.2. The smallest absolute Gasteiger partial charge is 0.0392 e. The summed E-state index contributed by atoms with van der Waals surface area (Å²) < 4.78 is 0. The number of aryl methyl sites for hydroxylation is 3. The number of hydrogen-bond donors (Lipinski definition) is 1. The van der Waals surface area contributed by atoms with Gasteiger partial charge in [0.2, 0.25) is 0 Å². The van der Waals surface area contributed by atoms with Crippen LogP contribution in [0.1, 0.15) is 49.1 Å². The van der Waals surface area contributed by atoms with Gasteiger partial charge in [-0.1, -0.05) is 38.5 Å². The maximum atomic E-state index is 6.37. The van der Waals surface area contributed by atoms with Crippen LogP contribution < -0.4 is 5.73 Å². The molecule has 0 amide bonds. The van der Waals surface area contributed by atoms with Crippen molar-refractivity contribution in [1.82, 2.24) is 0 Å². The fourth-order valence-electron chi connectivity index (χ4n) is 2.31. The molecule has 18 heavy (non-hydrogen) atoms. The zero-order valence-electron chi connectivity index (χ0n) is 12.6. The number of benzene rings is 1. The highest BCUT2D eigenvalue weighted by Crippen LogP contribution is 2.27. The van der Waals surface area contributed by atoms with Gasteiger partial charge in [0.1, 0.15) is 0 Å². The van der Waals surface area contributed by atoms with Crippen LogP contribution in [0.2, 0.25) is 0 Å². The summed E-state index contributed by atoms with van der Waals surface area (Å²) in [6.45, 7) is 13.3. The number of nitrogens with two attached hydrogens (primary N) is 1. The van der Waals surface area contributed by atoms with Gasteiger partial charge in [-0.3, -0.25) is 0 Å². The second-order valence-electron chi connectivity index (χ2n) is 5.70. The van der Waals surface area contributed by atoms with Gasteiger partial charge in [0.05, 0.1) is 0 Å². The van der Waals surface area contributed by atoms with E-state index in [0.717, 1.165) is 5.75 Å². The molecule has 0 aliphatic rings. The molecule has 1 aromatic rings. The summed E-state index contributed by atoms with van der Waals surface area (Å²) in [5.74, 6) is 1.71. The standard InChI is InChI=1S/C16H27NS/c1-10(2)14(6)18-9-15(17)16-12(4)7-11(3)8-13(16)5/h7-8,10,14-15H,9,17H2,1-6H3.